The molecule has 0 bridgehead atoms. The smallest absolute Gasteiger partial charge is 0.270 e. The molecule has 6 rings (SSSR count). The van der Waals surface area contributed by atoms with Crippen LogP contribution in [0.2, 0.25) is 5.02 Å². The molecule has 2 aromatic heterocycles. The molecule has 200 valence electrons. The van der Waals surface area contributed by atoms with E-state index in [9.17, 15) is 18.4 Å². The monoisotopic (exact) mass is 571 g/mol. The number of rotatable bonds is 5. The maximum Gasteiger partial charge on any atom is 0.270 e. The van der Waals surface area contributed by atoms with E-state index < -0.39 is 15.4 Å². The highest BCUT2D eigenvalue weighted by atomic mass is 35.5. The number of hydrogen-bond donors (Lipinski definition) is 1. The molecule has 0 spiro atoms. The summed E-state index contributed by atoms with van der Waals surface area (Å²) in [6.07, 6.45) is 6.31. The van der Waals surface area contributed by atoms with Crippen LogP contribution in [0.25, 0.3) is 39.4 Å². The fraction of sp³-hybridized carbons (Fsp3) is 0.0690. The van der Waals surface area contributed by atoms with Gasteiger partial charge in [-0.3, -0.25) is 19.6 Å². The fourth-order valence-corrected chi connectivity index (χ4v) is 5.49. The van der Waals surface area contributed by atoms with E-state index in [1.165, 1.54) is 9.25 Å². The molecule has 0 radical (unpaired) electrons. The molecule has 40 heavy (non-hydrogen) atoms. The third-order valence-electron chi connectivity index (χ3n) is 6.51. The maximum atomic E-state index is 14.2. The molecule has 0 amide bonds. The second-order valence-corrected chi connectivity index (χ2v) is 11.6. The molecular weight excluding hydrogens is 550 g/mol. The van der Waals surface area contributed by atoms with E-state index in [0.717, 1.165) is 22.5 Å². The first kappa shape index (κ1) is 25.8. The molecule has 0 saturated carbocycles. The number of allylic oxidation sites excluding steroid dienone is 2. The van der Waals surface area contributed by atoms with E-state index in [1.807, 2.05) is 36.4 Å². The van der Waals surface area contributed by atoms with Crippen LogP contribution in [0.3, 0.4) is 0 Å². The molecule has 9 nitrogen and oxygen atoms in total. The van der Waals surface area contributed by atoms with Crippen molar-refractivity contribution in [3.8, 4) is 22.8 Å². The van der Waals surface area contributed by atoms with E-state index >= 15 is 0 Å². The standard InChI is InChI=1S/C29H22ClN5O4S/c1-40(38,39)28-25-27(35(32-28)24-5-3-2-4-6-24)31-26(34(29(25)36)23-13-11-22(30)12-14-23)21-9-7-19(8-10-21)20-15-17-33(37)18-16-20/h2-17,37H,18H2,1H3. The summed E-state index contributed by atoms with van der Waals surface area (Å²) < 4.78 is 28.4. The van der Waals surface area contributed by atoms with Gasteiger partial charge in [0.2, 0.25) is 0 Å². The molecule has 0 aliphatic carbocycles. The van der Waals surface area contributed by atoms with E-state index in [0.29, 0.717) is 34.3 Å². The first-order chi connectivity index (χ1) is 19.2. The Labute approximate surface area is 234 Å². The summed E-state index contributed by atoms with van der Waals surface area (Å²) in [6.45, 7) is 0.369. The van der Waals surface area contributed by atoms with Crippen LogP contribution in [0.15, 0.2) is 107 Å². The maximum absolute atomic E-state index is 14.2. The van der Waals surface area contributed by atoms with Crippen LogP contribution in [-0.2, 0) is 9.84 Å². The first-order valence-corrected chi connectivity index (χ1v) is 14.5. The van der Waals surface area contributed by atoms with Gasteiger partial charge >= 0.3 is 0 Å². The van der Waals surface area contributed by atoms with Crippen LogP contribution < -0.4 is 5.56 Å². The van der Waals surface area contributed by atoms with Crippen LogP contribution in [0.4, 0.5) is 0 Å². The highest BCUT2D eigenvalue weighted by Gasteiger charge is 2.27. The Morgan fingerprint density at radius 2 is 1.57 bits per heavy atom. The number of halogens is 1. The summed E-state index contributed by atoms with van der Waals surface area (Å²) in [5, 5.41) is 15.1. The minimum Gasteiger partial charge on any atom is -0.289 e. The Balaban J connectivity index is 1.64. The van der Waals surface area contributed by atoms with Crippen molar-refractivity contribution in [3.63, 3.8) is 0 Å². The lowest BCUT2D eigenvalue weighted by atomic mass is 10.0. The Kier molecular flexibility index (Phi) is 6.38. The van der Waals surface area contributed by atoms with Crippen molar-refractivity contribution >= 4 is 38.0 Å². The highest BCUT2D eigenvalue weighted by molar-refractivity contribution is 7.90. The second-order valence-electron chi connectivity index (χ2n) is 9.25. The summed E-state index contributed by atoms with van der Waals surface area (Å²) in [5.74, 6) is 0.304. The van der Waals surface area contributed by atoms with Crippen molar-refractivity contribution in [2.24, 2.45) is 0 Å². The van der Waals surface area contributed by atoms with Gasteiger partial charge in [0, 0.05) is 23.0 Å². The number of hydroxylamine groups is 2. The van der Waals surface area contributed by atoms with Gasteiger partial charge in [0.25, 0.3) is 5.56 Å². The lowest BCUT2D eigenvalue weighted by Crippen LogP contribution is -2.23. The largest absolute Gasteiger partial charge is 0.289 e. The van der Waals surface area contributed by atoms with E-state index in [4.69, 9.17) is 16.6 Å². The zero-order chi connectivity index (χ0) is 28.0. The average molecular weight is 572 g/mol. The quantitative estimate of drug-likeness (QED) is 0.319. The van der Waals surface area contributed by atoms with Crippen molar-refractivity contribution in [1.82, 2.24) is 24.4 Å². The van der Waals surface area contributed by atoms with Crippen LogP contribution in [0.1, 0.15) is 5.56 Å². The molecule has 3 aromatic carbocycles. The summed E-state index contributed by atoms with van der Waals surface area (Å²) in [6, 6.07) is 23.1. The number of para-hydroxylation sites is 1. The van der Waals surface area contributed by atoms with Gasteiger partial charge in [-0.25, -0.2) is 18.1 Å². The van der Waals surface area contributed by atoms with Crippen LogP contribution in [-0.4, -0.2) is 50.8 Å². The van der Waals surface area contributed by atoms with E-state index in [-0.39, 0.29) is 16.1 Å². The summed E-state index contributed by atoms with van der Waals surface area (Å²) in [4.78, 5) is 19.1. The number of aromatic nitrogens is 4. The van der Waals surface area contributed by atoms with E-state index in [2.05, 4.69) is 5.10 Å². The Hall–Kier alpha value is -4.51. The van der Waals surface area contributed by atoms with Gasteiger partial charge < -0.3 is 0 Å². The van der Waals surface area contributed by atoms with Crippen molar-refractivity contribution in [3.05, 3.63) is 118 Å². The van der Waals surface area contributed by atoms with Gasteiger partial charge in [-0.2, -0.15) is 5.10 Å². The first-order valence-electron chi connectivity index (χ1n) is 12.2. The van der Waals surface area contributed by atoms with E-state index in [1.54, 1.807) is 60.8 Å². The zero-order valence-electron chi connectivity index (χ0n) is 21.1. The van der Waals surface area contributed by atoms with Crippen LogP contribution in [0.5, 0.6) is 0 Å². The number of benzene rings is 3. The van der Waals surface area contributed by atoms with Crippen molar-refractivity contribution in [1.29, 1.82) is 0 Å². The topological polar surface area (TPSA) is 110 Å². The molecule has 0 saturated heterocycles. The number of nitrogens with zero attached hydrogens (tertiary/aromatic N) is 5. The fourth-order valence-electron chi connectivity index (χ4n) is 4.58. The number of hydrogen-bond acceptors (Lipinski definition) is 7. The molecule has 1 aliphatic rings. The molecule has 1 N–H and O–H groups in total. The minimum atomic E-state index is -3.88. The molecule has 1 aliphatic heterocycles. The van der Waals surface area contributed by atoms with Gasteiger partial charge in [0.15, 0.2) is 20.5 Å². The van der Waals surface area contributed by atoms with Gasteiger partial charge in [0.05, 0.1) is 17.9 Å². The highest BCUT2D eigenvalue weighted by Crippen LogP contribution is 2.29. The Morgan fingerprint density at radius 3 is 2.20 bits per heavy atom. The van der Waals surface area contributed by atoms with Gasteiger partial charge in [-0.15, -0.1) is 0 Å². The van der Waals surface area contributed by atoms with Gasteiger partial charge in [-0.05, 0) is 53.6 Å². The normalized spacial score (nSPS) is 13.6. The lowest BCUT2D eigenvalue weighted by molar-refractivity contribution is -0.0299. The number of sulfone groups is 1. The van der Waals surface area contributed by atoms with Crippen molar-refractivity contribution < 1.29 is 13.6 Å². The SMILES string of the molecule is CS(=O)(=O)c1nn(-c2ccccc2)c2nc(-c3ccc(C4=CCN(O)C=C4)cc3)n(-c3ccc(Cl)cc3)c(=O)c12. The average Bonchev–Trinajstić information content (AvgIpc) is 3.36. The molecular formula is C29H22ClN5O4S. The molecule has 0 atom stereocenters. The van der Waals surface area contributed by atoms with Crippen molar-refractivity contribution in [2.75, 3.05) is 12.8 Å². The molecule has 0 fully saturated rings. The van der Waals surface area contributed by atoms with Gasteiger partial charge in [0.1, 0.15) is 11.2 Å². The minimum absolute atomic E-state index is 0.104. The molecule has 3 heterocycles. The Morgan fingerprint density at radius 1 is 0.900 bits per heavy atom. The predicted molar refractivity (Wildman–Crippen MR) is 154 cm³/mol. The number of fused-ring (bicyclic) bond motifs is 1. The second kappa shape index (κ2) is 9.91. The van der Waals surface area contributed by atoms with Crippen LogP contribution in [0, 0.1) is 0 Å². The lowest BCUT2D eigenvalue weighted by Gasteiger charge is -2.16. The summed E-state index contributed by atoms with van der Waals surface area (Å²) in [5.41, 5.74) is 3.07. The molecule has 0 unspecified atom stereocenters. The predicted octanol–water partition coefficient (Wildman–Crippen LogP) is 4.90. The third kappa shape index (κ3) is 4.62. The van der Waals surface area contributed by atoms with Crippen molar-refractivity contribution in [2.45, 2.75) is 5.03 Å². The molecule has 5 aromatic rings. The Bertz CT molecular complexity index is 1980. The van der Waals surface area contributed by atoms with Crippen LogP contribution >= 0.6 is 11.6 Å². The zero-order valence-corrected chi connectivity index (χ0v) is 22.7. The molecule has 11 heteroatoms. The third-order valence-corrected chi connectivity index (χ3v) is 7.75. The summed E-state index contributed by atoms with van der Waals surface area (Å²) in [7, 11) is -3.88. The van der Waals surface area contributed by atoms with Gasteiger partial charge in [-0.1, -0.05) is 60.1 Å². The summed E-state index contributed by atoms with van der Waals surface area (Å²) >= 11 is 6.12.